The number of hydrogen-bond acceptors (Lipinski definition) is 2. The minimum Gasteiger partial charge on any atom is -0.396 e. The highest BCUT2D eigenvalue weighted by molar-refractivity contribution is 5.42. The third-order valence-electron chi connectivity index (χ3n) is 1.45. The summed E-state index contributed by atoms with van der Waals surface area (Å²) >= 11 is 0. The zero-order chi connectivity index (χ0) is 10.9. The van der Waals surface area contributed by atoms with Crippen molar-refractivity contribution in [3.05, 3.63) is 11.9 Å². The summed E-state index contributed by atoms with van der Waals surface area (Å²) in [6.45, 7) is -1.12. The molecule has 1 aromatic heterocycles. The van der Waals surface area contributed by atoms with Crippen molar-refractivity contribution in [2.24, 2.45) is 0 Å². The van der Waals surface area contributed by atoms with Gasteiger partial charge in [-0.1, -0.05) is 0 Å². The Morgan fingerprint density at radius 3 is 2.43 bits per heavy atom. The van der Waals surface area contributed by atoms with Crippen LogP contribution < -0.4 is 5.73 Å². The average molecular weight is 215 g/mol. The van der Waals surface area contributed by atoms with Crippen LogP contribution in [0.1, 0.15) is 5.69 Å². The molecule has 1 aromatic rings. The maximum absolute atomic E-state index is 12.2. The van der Waals surface area contributed by atoms with Crippen molar-refractivity contribution in [1.29, 1.82) is 0 Å². The molecule has 14 heavy (non-hydrogen) atoms. The number of nitrogen functional groups attached to an aromatic ring is 1. The molecule has 0 spiro atoms. The van der Waals surface area contributed by atoms with E-state index in [1.54, 1.807) is 0 Å². The van der Waals surface area contributed by atoms with Crippen LogP contribution in [0, 0.1) is 0 Å². The van der Waals surface area contributed by atoms with Crippen LogP contribution in [0.4, 0.5) is 27.6 Å². The summed E-state index contributed by atoms with van der Waals surface area (Å²) < 4.78 is 60.4. The molecule has 80 valence electrons. The van der Waals surface area contributed by atoms with Gasteiger partial charge in [-0.3, -0.25) is 4.68 Å². The van der Waals surface area contributed by atoms with E-state index in [9.17, 15) is 22.0 Å². The maximum atomic E-state index is 12.2. The van der Waals surface area contributed by atoms with Gasteiger partial charge in [-0.05, 0) is 0 Å². The molecule has 0 unspecified atom stereocenters. The number of alkyl halides is 5. The Morgan fingerprint density at radius 1 is 1.43 bits per heavy atom. The molecular formula is C6H6F5N3. The fourth-order valence-electron chi connectivity index (χ4n) is 0.979. The second-order valence-electron chi connectivity index (χ2n) is 2.52. The van der Waals surface area contributed by atoms with Crippen LogP contribution in [0.3, 0.4) is 0 Å². The molecule has 0 fully saturated rings. The minimum absolute atomic E-state index is 0.153. The van der Waals surface area contributed by atoms with Gasteiger partial charge in [-0.2, -0.15) is 18.3 Å². The van der Waals surface area contributed by atoms with E-state index in [0.29, 0.717) is 6.20 Å². The summed E-state index contributed by atoms with van der Waals surface area (Å²) in [5.74, 6) is 0. The molecule has 0 aliphatic heterocycles. The van der Waals surface area contributed by atoms with Crippen molar-refractivity contribution in [2.45, 2.75) is 19.1 Å². The van der Waals surface area contributed by atoms with E-state index in [1.807, 2.05) is 0 Å². The van der Waals surface area contributed by atoms with Gasteiger partial charge in [0, 0.05) is 0 Å². The Bertz CT molecular complexity index is 316. The van der Waals surface area contributed by atoms with E-state index in [-0.39, 0.29) is 4.68 Å². The number of anilines is 1. The lowest BCUT2D eigenvalue weighted by molar-refractivity contribution is -0.144. The fourth-order valence-corrected chi connectivity index (χ4v) is 0.979. The molecule has 0 amide bonds. The monoisotopic (exact) mass is 215 g/mol. The Labute approximate surface area is 75.3 Å². The molecular weight excluding hydrogens is 209 g/mol. The molecule has 1 rings (SSSR count). The quantitative estimate of drug-likeness (QED) is 0.763. The topological polar surface area (TPSA) is 43.8 Å². The van der Waals surface area contributed by atoms with Crippen molar-refractivity contribution in [2.75, 3.05) is 5.73 Å². The Balaban J connectivity index is 3.07. The molecule has 1 heterocycles. The van der Waals surface area contributed by atoms with Gasteiger partial charge in [-0.25, -0.2) is 8.78 Å². The van der Waals surface area contributed by atoms with E-state index in [1.165, 1.54) is 0 Å². The van der Waals surface area contributed by atoms with Crippen LogP contribution in [0.5, 0.6) is 0 Å². The minimum atomic E-state index is -4.77. The van der Waals surface area contributed by atoms with Crippen molar-refractivity contribution < 1.29 is 22.0 Å². The van der Waals surface area contributed by atoms with Crippen LogP contribution >= 0.6 is 0 Å². The number of rotatable bonds is 2. The molecule has 3 nitrogen and oxygen atoms in total. The van der Waals surface area contributed by atoms with Gasteiger partial charge in [0.25, 0.3) is 6.43 Å². The highest BCUT2D eigenvalue weighted by Gasteiger charge is 2.38. The lowest BCUT2D eigenvalue weighted by Crippen LogP contribution is -2.19. The summed E-state index contributed by atoms with van der Waals surface area (Å²) in [7, 11) is 0. The van der Waals surface area contributed by atoms with E-state index in [2.05, 4.69) is 5.10 Å². The van der Waals surface area contributed by atoms with Gasteiger partial charge in [0.2, 0.25) is 0 Å². The summed E-state index contributed by atoms with van der Waals surface area (Å²) in [5.41, 5.74) is 2.97. The second-order valence-corrected chi connectivity index (χ2v) is 2.52. The zero-order valence-electron chi connectivity index (χ0n) is 6.72. The summed E-state index contributed by atoms with van der Waals surface area (Å²) in [4.78, 5) is 0. The van der Waals surface area contributed by atoms with E-state index in [0.717, 1.165) is 0 Å². The number of halogens is 5. The van der Waals surface area contributed by atoms with Crippen LogP contribution in [0.25, 0.3) is 0 Å². The number of nitrogens with two attached hydrogens (primary N) is 1. The van der Waals surface area contributed by atoms with Crippen LogP contribution in [0.2, 0.25) is 0 Å². The van der Waals surface area contributed by atoms with Crippen LogP contribution in [0.15, 0.2) is 6.20 Å². The lowest BCUT2D eigenvalue weighted by atomic mass is 10.3. The Kier molecular flexibility index (Phi) is 2.63. The molecule has 0 atom stereocenters. The molecule has 0 saturated carbocycles. The largest absolute Gasteiger partial charge is 0.435 e. The van der Waals surface area contributed by atoms with Gasteiger partial charge in [0.1, 0.15) is 6.54 Å². The average Bonchev–Trinajstić information content (AvgIpc) is 2.28. The highest BCUT2D eigenvalue weighted by atomic mass is 19.4. The molecule has 2 N–H and O–H groups in total. The van der Waals surface area contributed by atoms with Crippen molar-refractivity contribution in [3.8, 4) is 0 Å². The first-order chi connectivity index (χ1) is 6.32. The van der Waals surface area contributed by atoms with Gasteiger partial charge >= 0.3 is 6.18 Å². The SMILES string of the molecule is Nc1cnn(CC(F)F)c1C(F)(F)F. The Morgan fingerprint density at radius 2 is 2.00 bits per heavy atom. The molecule has 0 bridgehead atoms. The predicted octanol–water partition coefficient (Wildman–Crippen LogP) is 1.75. The normalized spacial score (nSPS) is 12.4. The van der Waals surface area contributed by atoms with Crippen molar-refractivity contribution >= 4 is 5.69 Å². The molecule has 0 aliphatic rings. The van der Waals surface area contributed by atoms with E-state index >= 15 is 0 Å². The van der Waals surface area contributed by atoms with Crippen LogP contribution in [-0.2, 0) is 12.7 Å². The fraction of sp³-hybridized carbons (Fsp3) is 0.500. The van der Waals surface area contributed by atoms with Crippen LogP contribution in [-0.4, -0.2) is 16.2 Å². The van der Waals surface area contributed by atoms with Gasteiger partial charge in [0.15, 0.2) is 5.69 Å². The lowest BCUT2D eigenvalue weighted by Gasteiger charge is -2.10. The van der Waals surface area contributed by atoms with Gasteiger partial charge in [0.05, 0.1) is 11.9 Å². The number of nitrogens with zero attached hydrogens (tertiary/aromatic N) is 2. The second kappa shape index (κ2) is 3.43. The predicted molar refractivity (Wildman–Crippen MR) is 37.6 cm³/mol. The number of aromatic nitrogens is 2. The Hall–Kier alpha value is -1.34. The molecule has 0 aromatic carbocycles. The van der Waals surface area contributed by atoms with Crippen molar-refractivity contribution in [3.63, 3.8) is 0 Å². The number of hydrogen-bond donors (Lipinski definition) is 1. The van der Waals surface area contributed by atoms with E-state index in [4.69, 9.17) is 5.73 Å². The smallest absolute Gasteiger partial charge is 0.396 e. The molecule has 0 radical (unpaired) electrons. The first kappa shape index (κ1) is 10.7. The molecule has 0 aliphatic carbocycles. The molecule has 0 saturated heterocycles. The first-order valence-electron chi connectivity index (χ1n) is 3.49. The van der Waals surface area contributed by atoms with E-state index < -0.39 is 30.5 Å². The maximum Gasteiger partial charge on any atom is 0.435 e. The summed E-state index contributed by atoms with van der Waals surface area (Å²) in [6.07, 6.45) is -6.98. The standard InChI is InChI=1S/C6H6F5N3/c7-4(8)2-14-5(6(9,10)11)3(12)1-13-14/h1,4H,2,12H2. The summed E-state index contributed by atoms with van der Waals surface area (Å²) in [6, 6.07) is 0. The van der Waals surface area contributed by atoms with Crippen molar-refractivity contribution in [1.82, 2.24) is 9.78 Å². The highest BCUT2D eigenvalue weighted by Crippen LogP contribution is 2.33. The third-order valence-corrected chi connectivity index (χ3v) is 1.45. The first-order valence-corrected chi connectivity index (χ1v) is 3.49. The van der Waals surface area contributed by atoms with Gasteiger partial charge in [-0.15, -0.1) is 0 Å². The third kappa shape index (κ3) is 2.12. The zero-order valence-corrected chi connectivity index (χ0v) is 6.72. The molecule has 8 heteroatoms. The summed E-state index contributed by atoms with van der Waals surface area (Å²) in [5, 5.41) is 3.11. The van der Waals surface area contributed by atoms with Gasteiger partial charge < -0.3 is 5.73 Å².